The fraction of sp³-hybridized carbons (Fsp3) is 0.462. The molecule has 0 N–H and O–H groups in total. The minimum Gasteiger partial charge on any atom is -0.466 e. The van der Waals surface area contributed by atoms with Gasteiger partial charge in [0, 0.05) is 5.33 Å². The third kappa shape index (κ3) is 4.35. The van der Waals surface area contributed by atoms with E-state index in [4.69, 9.17) is 4.74 Å². The van der Waals surface area contributed by atoms with Crippen LogP contribution < -0.4 is 0 Å². The number of carbonyl (C=O) groups excluding carboxylic acids is 1. The molecule has 0 aromatic heterocycles. The lowest BCUT2D eigenvalue weighted by Crippen LogP contribution is -2.20. The molecule has 88 valence electrons. The van der Waals surface area contributed by atoms with Gasteiger partial charge in [0.2, 0.25) is 0 Å². The Hall–Kier alpha value is -0.830. The molecule has 2 nitrogen and oxygen atoms in total. The normalized spacial score (nSPS) is 12.1. The first kappa shape index (κ1) is 13.2. The lowest BCUT2D eigenvalue weighted by molar-refractivity contribution is -0.148. The van der Waals surface area contributed by atoms with E-state index in [1.165, 1.54) is 5.56 Å². The van der Waals surface area contributed by atoms with Gasteiger partial charge in [0.1, 0.15) is 0 Å². The molecule has 1 aromatic carbocycles. The van der Waals surface area contributed by atoms with E-state index in [0.717, 1.165) is 18.2 Å². The molecule has 0 heterocycles. The van der Waals surface area contributed by atoms with Crippen molar-refractivity contribution in [2.24, 2.45) is 5.92 Å². The van der Waals surface area contributed by atoms with Crippen molar-refractivity contribution in [3.8, 4) is 0 Å². The Bertz CT molecular complexity index is 311. The molecule has 0 fully saturated rings. The predicted octanol–water partition coefficient (Wildman–Crippen LogP) is 3.19. The number of esters is 1. The van der Waals surface area contributed by atoms with Crippen LogP contribution in [0.5, 0.6) is 0 Å². The summed E-state index contributed by atoms with van der Waals surface area (Å²) in [5.41, 5.74) is 1.18. The molecule has 1 unspecified atom stereocenters. The maximum atomic E-state index is 11.7. The Labute approximate surface area is 105 Å². The molecule has 0 aliphatic heterocycles. The first-order valence-electron chi connectivity index (χ1n) is 5.54. The van der Waals surface area contributed by atoms with E-state index in [-0.39, 0.29) is 11.9 Å². The smallest absolute Gasteiger partial charge is 0.309 e. The van der Waals surface area contributed by atoms with E-state index in [0.29, 0.717) is 6.61 Å². The van der Waals surface area contributed by atoms with Gasteiger partial charge in [-0.15, -0.1) is 0 Å². The van der Waals surface area contributed by atoms with Gasteiger partial charge in [-0.25, -0.2) is 0 Å². The van der Waals surface area contributed by atoms with E-state index in [1.54, 1.807) is 0 Å². The fourth-order valence-corrected chi connectivity index (χ4v) is 2.15. The topological polar surface area (TPSA) is 26.3 Å². The first-order valence-corrected chi connectivity index (χ1v) is 6.66. The van der Waals surface area contributed by atoms with Crippen molar-refractivity contribution in [3.63, 3.8) is 0 Å². The zero-order chi connectivity index (χ0) is 11.8. The van der Waals surface area contributed by atoms with Crippen LogP contribution in [0.1, 0.15) is 18.9 Å². The first-order chi connectivity index (χ1) is 7.77. The maximum Gasteiger partial charge on any atom is 0.309 e. The SMILES string of the molecule is CCOC(=O)C(CCBr)Cc1ccccc1. The van der Waals surface area contributed by atoms with Crippen molar-refractivity contribution >= 4 is 21.9 Å². The van der Waals surface area contributed by atoms with E-state index in [1.807, 2.05) is 37.3 Å². The second-order valence-electron chi connectivity index (χ2n) is 3.62. The van der Waals surface area contributed by atoms with Crippen LogP contribution in [0.2, 0.25) is 0 Å². The van der Waals surface area contributed by atoms with E-state index in [2.05, 4.69) is 15.9 Å². The van der Waals surface area contributed by atoms with Crippen molar-refractivity contribution < 1.29 is 9.53 Å². The molecule has 0 aliphatic carbocycles. The van der Waals surface area contributed by atoms with Gasteiger partial charge in [-0.1, -0.05) is 46.3 Å². The van der Waals surface area contributed by atoms with Crippen molar-refractivity contribution in [1.82, 2.24) is 0 Å². The van der Waals surface area contributed by atoms with Crippen LogP contribution in [-0.4, -0.2) is 17.9 Å². The molecule has 0 aliphatic rings. The largest absolute Gasteiger partial charge is 0.466 e. The van der Waals surface area contributed by atoms with Crippen LogP contribution in [0, 0.1) is 5.92 Å². The molecule has 0 amide bonds. The number of halogens is 1. The van der Waals surface area contributed by atoms with Gasteiger partial charge in [-0.05, 0) is 25.3 Å². The van der Waals surface area contributed by atoms with Crippen molar-refractivity contribution in [1.29, 1.82) is 0 Å². The van der Waals surface area contributed by atoms with Crippen molar-refractivity contribution in [2.75, 3.05) is 11.9 Å². The van der Waals surface area contributed by atoms with Crippen molar-refractivity contribution in [2.45, 2.75) is 19.8 Å². The zero-order valence-corrected chi connectivity index (χ0v) is 11.1. The average molecular weight is 285 g/mol. The number of ether oxygens (including phenoxy) is 1. The number of hydrogen-bond donors (Lipinski definition) is 0. The summed E-state index contributed by atoms with van der Waals surface area (Å²) < 4.78 is 5.07. The van der Waals surface area contributed by atoms with Crippen molar-refractivity contribution in [3.05, 3.63) is 35.9 Å². The zero-order valence-electron chi connectivity index (χ0n) is 9.49. The summed E-state index contributed by atoms with van der Waals surface area (Å²) in [6, 6.07) is 10.0. The minimum absolute atomic E-state index is 0.0401. The number of alkyl halides is 1. The quantitative estimate of drug-likeness (QED) is 0.592. The summed E-state index contributed by atoms with van der Waals surface area (Å²) in [5, 5.41) is 0.823. The Morgan fingerprint density at radius 1 is 1.38 bits per heavy atom. The molecule has 1 aromatic rings. The molecular formula is C13H17BrO2. The summed E-state index contributed by atoms with van der Waals surface area (Å²) in [6.45, 7) is 2.29. The second-order valence-corrected chi connectivity index (χ2v) is 4.41. The summed E-state index contributed by atoms with van der Waals surface area (Å²) in [7, 11) is 0. The van der Waals surface area contributed by atoms with Crippen LogP contribution in [0.15, 0.2) is 30.3 Å². The molecule has 16 heavy (non-hydrogen) atoms. The van der Waals surface area contributed by atoms with Gasteiger partial charge in [0.05, 0.1) is 12.5 Å². The molecule has 0 radical (unpaired) electrons. The monoisotopic (exact) mass is 284 g/mol. The van der Waals surface area contributed by atoms with Gasteiger partial charge in [0.15, 0.2) is 0 Å². The third-order valence-corrected chi connectivity index (χ3v) is 2.86. The molecule has 0 saturated heterocycles. The van der Waals surface area contributed by atoms with Crippen LogP contribution in [0.3, 0.4) is 0 Å². The van der Waals surface area contributed by atoms with Crippen LogP contribution in [-0.2, 0) is 16.0 Å². The van der Waals surface area contributed by atoms with E-state index >= 15 is 0 Å². The standard InChI is InChI=1S/C13H17BrO2/c1-2-16-13(15)12(8-9-14)10-11-6-4-3-5-7-11/h3-7,12H,2,8-10H2,1H3. The Morgan fingerprint density at radius 2 is 2.06 bits per heavy atom. The summed E-state index contributed by atoms with van der Waals surface area (Å²) in [4.78, 5) is 11.7. The fourth-order valence-electron chi connectivity index (χ4n) is 1.59. The molecule has 0 spiro atoms. The Morgan fingerprint density at radius 3 is 2.62 bits per heavy atom. The summed E-state index contributed by atoms with van der Waals surface area (Å²) in [5.74, 6) is -0.132. The maximum absolute atomic E-state index is 11.7. The summed E-state index contributed by atoms with van der Waals surface area (Å²) in [6.07, 6.45) is 1.57. The predicted molar refractivity (Wildman–Crippen MR) is 68.7 cm³/mol. The Kier molecular flexibility index (Phi) is 6.16. The lowest BCUT2D eigenvalue weighted by Gasteiger charge is -2.14. The number of carbonyl (C=O) groups is 1. The highest BCUT2D eigenvalue weighted by Crippen LogP contribution is 2.15. The number of rotatable bonds is 6. The van der Waals surface area contributed by atoms with Gasteiger partial charge >= 0.3 is 5.97 Å². The lowest BCUT2D eigenvalue weighted by atomic mass is 9.97. The number of hydrogen-bond acceptors (Lipinski definition) is 2. The number of benzene rings is 1. The van der Waals surface area contributed by atoms with Crippen LogP contribution >= 0.6 is 15.9 Å². The van der Waals surface area contributed by atoms with Gasteiger partial charge < -0.3 is 4.74 Å². The second kappa shape index (κ2) is 7.44. The molecular weight excluding hydrogens is 268 g/mol. The highest BCUT2D eigenvalue weighted by Gasteiger charge is 2.19. The molecule has 0 saturated carbocycles. The Balaban J connectivity index is 2.60. The van der Waals surface area contributed by atoms with Gasteiger partial charge in [0.25, 0.3) is 0 Å². The molecule has 0 bridgehead atoms. The third-order valence-electron chi connectivity index (χ3n) is 2.40. The molecule has 3 heteroatoms. The van der Waals surface area contributed by atoms with E-state index in [9.17, 15) is 4.79 Å². The highest BCUT2D eigenvalue weighted by atomic mass is 79.9. The van der Waals surface area contributed by atoms with Crippen LogP contribution in [0.25, 0.3) is 0 Å². The minimum atomic E-state index is -0.0918. The summed E-state index contributed by atoms with van der Waals surface area (Å²) >= 11 is 3.38. The van der Waals surface area contributed by atoms with E-state index < -0.39 is 0 Å². The van der Waals surface area contributed by atoms with Crippen LogP contribution in [0.4, 0.5) is 0 Å². The van der Waals surface area contributed by atoms with Gasteiger partial charge in [-0.2, -0.15) is 0 Å². The highest BCUT2D eigenvalue weighted by molar-refractivity contribution is 9.09. The average Bonchev–Trinajstić information content (AvgIpc) is 2.30. The molecule has 1 rings (SSSR count). The molecule has 1 atom stereocenters. The van der Waals surface area contributed by atoms with Gasteiger partial charge in [-0.3, -0.25) is 4.79 Å².